The molecule has 0 saturated carbocycles. The van der Waals surface area contributed by atoms with Crippen molar-refractivity contribution in [1.29, 1.82) is 0 Å². The molecular weight excluding hydrogens is 545 g/mol. The van der Waals surface area contributed by atoms with Crippen molar-refractivity contribution in [3.05, 3.63) is 47.5 Å². The molecule has 0 fully saturated rings. The Balaban J connectivity index is 1.65. The monoisotopic (exact) mass is 570 g/mol. The molecule has 0 unspecified atom stereocenters. The summed E-state index contributed by atoms with van der Waals surface area (Å²) in [4.78, 5) is 25.1. The minimum Gasteiger partial charge on any atom is -0.490 e. The molecule has 0 atom stereocenters. The first-order valence-corrected chi connectivity index (χ1v) is 13.3. The Bertz CT molecular complexity index is 1240. The van der Waals surface area contributed by atoms with Crippen LogP contribution in [-0.2, 0) is 11.0 Å². The van der Waals surface area contributed by atoms with Crippen LogP contribution in [0.2, 0.25) is 0 Å². The van der Waals surface area contributed by atoms with Gasteiger partial charge in [-0.3, -0.25) is 14.9 Å². The number of rotatable bonds is 12. The van der Waals surface area contributed by atoms with E-state index in [0.717, 1.165) is 29.2 Å². The third-order valence-corrected chi connectivity index (χ3v) is 6.60. The summed E-state index contributed by atoms with van der Waals surface area (Å²) in [5, 5.41) is 12.9. The first kappa shape index (κ1) is 29.0. The molecular formula is C24H25F3N4O5S2. The first-order chi connectivity index (χ1) is 18.2. The van der Waals surface area contributed by atoms with Crippen LogP contribution in [-0.4, -0.2) is 47.6 Å². The standard InChI is InChI=1S/C24H25F3N4O5S2/c1-4-34-17-11-14(12-18(35-5-2)20(17)36-6-3)21(33)29-22-30-31-23(38-22)37-13-19(32)28-16-10-8-7-9-15(16)24(25,26)27/h7-12H,4-6,13H2,1-3H3,(H,28,32)(H,29,30,33). The minimum absolute atomic E-state index is 0.171. The number of halogens is 3. The highest BCUT2D eigenvalue weighted by Gasteiger charge is 2.33. The number of amides is 2. The van der Waals surface area contributed by atoms with Crippen molar-refractivity contribution >= 4 is 45.7 Å². The maximum absolute atomic E-state index is 13.1. The van der Waals surface area contributed by atoms with Gasteiger partial charge in [0.25, 0.3) is 5.91 Å². The predicted molar refractivity (Wildman–Crippen MR) is 139 cm³/mol. The molecule has 1 aromatic heterocycles. The van der Waals surface area contributed by atoms with E-state index in [9.17, 15) is 22.8 Å². The summed E-state index contributed by atoms with van der Waals surface area (Å²) < 4.78 is 56.6. The fraction of sp³-hybridized carbons (Fsp3) is 0.333. The lowest BCUT2D eigenvalue weighted by Crippen LogP contribution is -2.18. The fourth-order valence-electron chi connectivity index (χ4n) is 3.16. The molecule has 204 valence electrons. The zero-order valence-corrected chi connectivity index (χ0v) is 22.3. The molecule has 0 radical (unpaired) electrons. The van der Waals surface area contributed by atoms with Gasteiger partial charge in [-0.25, -0.2) is 0 Å². The molecule has 2 amide bonds. The molecule has 38 heavy (non-hydrogen) atoms. The lowest BCUT2D eigenvalue weighted by Gasteiger charge is -2.16. The minimum atomic E-state index is -4.60. The Morgan fingerprint density at radius 3 is 2.18 bits per heavy atom. The average molecular weight is 571 g/mol. The quantitative estimate of drug-likeness (QED) is 0.210. The normalized spacial score (nSPS) is 11.1. The van der Waals surface area contributed by atoms with Crippen LogP contribution in [0, 0.1) is 0 Å². The van der Waals surface area contributed by atoms with Gasteiger partial charge in [0.1, 0.15) is 0 Å². The smallest absolute Gasteiger partial charge is 0.418 e. The van der Waals surface area contributed by atoms with Gasteiger partial charge in [0.15, 0.2) is 15.8 Å². The molecule has 0 bridgehead atoms. The Hall–Kier alpha value is -3.52. The second-order valence-corrected chi connectivity index (χ2v) is 9.51. The van der Waals surface area contributed by atoms with Crippen molar-refractivity contribution in [2.75, 3.05) is 36.2 Å². The average Bonchev–Trinajstić information content (AvgIpc) is 3.31. The van der Waals surface area contributed by atoms with Crippen molar-refractivity contribution in [2.45, 2.75) is 31.3 Å². The van der Waals surface area contributed by atoms with Gasteiger partial charge in [-0.05, 0) is 45.0 Å². The van der Waals surface area contributed by atoms with Gasteiger partial charge in [-0.2, -0.15) is 13.2 Å². The van der Waals surface area contributed by atoms with Crippen LogP contribution in [0.15, 0.2) is 40.7 Å². The van der Waals surface area contributed by atoms with E-state index in [1.807, 2.05) is 6.92 Å². The number of hydrogen-bond acceptors (Lipinski definition) is 9. The molecule has 2 aromatic carbocycles. The van der Waals surface area contributed by atoms with Gasteiger partial charge >= 0.3 is 6.18 Å². The Morgan fingerprint density at radius 1 is 0.947 bits per heavy atom. The number of para-hydroxylation sites is 1. The fourth-order valence-corrected chi connectivity index (χ4v) is 4.71. The molecule has 14 heteroatoms. The molecule has 2 N–H and O–H groups in total. The van der Waals surface area contributed by atoms with Crippen LogP contribution in [0.3, 0.4) is 0 Å². The van der Waals surface area contributed by atoms with Gasteiger partial charge in [-0.15, -0.1) is 10.2 Å². The molecule has 3 aromatic rings. The summed E-state index contributed by atoms with van der Waals surface area (Å²) in [5.41, 5.74) is -1.02. The predicted octanol–water partition coefficient (Wildman–Crippen LogP) is 5.74. The lowest BCUT2D eigenvalue weighted by atomic mass is 10.1. The van der Waals surface area contributed by atoms with Crippen LogP contribution in [0.1, 0.15) is 36.7 Å². The molecule has 0 spiro atoms. The molecule has 1 heterocycles. The number of alkyl halides is 3. The van der Waals surface area contributed by atoms with E-state index < -0.39 is 23.6 Å². The number of carbonyl (C=O) groups excluding carboxylic acids is 2. The topological polar surface area (TPSA) is 112 Å². The number of carbonyl (C=O) groups is 2. The highest BCUT2D eigenvalue weighted by Crippen LogP contribution is 2.39. The summed E-state index contributed by atoms with van der Waals surface area (Å²) in [5.74, 6) is -0.228. The van der Waals surface area contributed by atoms with Crippen LogP contribution in [0.25, 0.3) is 0 Å². The van der Waals surface area contributed by atoms with Gasteiger partial charge in [0.2, 0.25) is 16.8 Å². The third-order valence-electron chi connectivity index (χ3n) is 4.63. The van der Waals surface area contributed by atoms with E-state index in [4.69, 9.17) is 14.2 Å². The van der Waals surface area contributed by atoms with Crippen molar-refractivity contribution in [3.63, 3.8) is 0 Å². The zero-order chi connectivity index (χ0) is 27.7. The highest BCUT2D eigenvalue weighted by molar-refractivity contribution is 8.01. The second kappa shape index (κ2) is 13.3. The summed E-state index contributed by atoms with van der Waals surface area (Å²) in [6, 6.07) is 7.78. The number of benzene rings is 2. The lowest BCUT2D eigenvalue weighted by molar-refractivity contribution is -0.137. The molecule has 0 aliphatic rings. The maximum atomic E-state index is 13.1. The number of anilines is 2. The molecule has 9 nitrogen and oxygen atoms in total. The van der Waals surface area contributed by atoms with E-state index in [0.29, 0.717) is 41.4 Å². The maximum Gasteiger partial charge on any atom is 0.418 e. The van der Waals surface area contributed by atoms with Crippen LogP contribution in [0.4, 0.5) is 24.0 Å². The summed E-state index contributed by atoms with van der Waals surface area (Å²) >= 11 is 1.99. The number of nitrogens with one attached hydrogen (secondary N) is 2. The molecule has 3 rings (SSSR count). The number of nitrogens with zero attached hydrogens (tertiary/aromatic N) is 2. The SMILES string of the molecule is CCOc1cc(C(=O)Nc2nnc(SCC(=O)Nc3ccccc3C(F)(F)F)s2)cc(OCC)c1OCC. The number of ether oxygens (including phenoxy) is 3. The van der Waals surface area contributed by atoms with E-state index >= 15 is 0 Å². The summed E-state index contributed by atoms with van der Waals surface area (Å²) in [7, 11) is 0. The van der Waals surface area contributed by atoms with Crippen molar-refractivity contribution in [3.8, 4) is 17.2 Å². The second-order valence-electron chi connectivity index (χ2n) is 7.31. The Morgan fingerprint density at radius 2 is 1.58 bits per heavy atom. The molecule has 0 aliphatic carbocycles. The number of hydrogen-bond donors (Lipinski definition) is 2. The van der Waals surface area contributed by atoms with E-state index in [-0.39, 0.29) is 22.1 Å². The van der Waals surface area contributed by atoms with Crippen molar-refractivity contribution < 1.29 is 37.0 Å². The number of thioether (sulfide) groups is 1. The zero-order valence-electron chi connectivity index (χ0n) is 20.7. The Labute approximate surface area is 225 Å². The third kappa shape index (κ3) is 7.74. The summed E-state index contributed by atoms with van der Waals surface area (Å²) in [6.45, 7) is 6.51. The summed E-state index contributed by atoms with van der Waals surface area (Å²) in [6.07, 6.45) is -4.60. The van der Waals surface area contributed by atoms with E-state index in [1.165, 1.54) is 30.3 Å². The Kier molecular flexibility index (Phi) is 10.2. The largest absolute Gasteiger partial charge is 0.490 e. The first-order valence-electron chi connectivity index (χ1n) is 11.5. The van der Waals surface area contributed by atoms with Gasteiger partial charge in [-0.1, -0.05) is 35.2 Å². The van der Waals surface area contributed by atoms with Crippen LogP contribution >= 0.6 is 23.1 Å². The molecule has 0 saturated heterocycles. The van der Waals surface area contributed by atoms with E-state index in [2.05, 4.69) is 20.8 Å². The highest BCUT2D eigenvalue weighted by atomic mass is 32.2. The number of aromatic nitrogens is 2. The van der Waals surface area contributed by atoms with Gasteiger partial charge < -0.3 is 19.5 Å². The van der Waals surface area contributed by atoms with E-state index in [1.54, 1.807) is 13.8 Å². The van der Waals surface area contributed by atoms with Crippen molar-refractivity contribution in [2.24, 2.45) is 0 Å². The van der Waals surface area contributed by atoms with Gasteiger partial charge in [0, 0.05) is 5.56 Å². The van der Waals surface area contributed by atoms with Crippen LogP contribution in [0.5, 0.6) is 17.2 Å². The van der Waals surface area contributed by atoms with Crippen LogP contribution < -0.4 is 24.8 Å². The van der Waals surface area contributed by atoms with Gasteiger partial charge in [0.05, 0.1) is 36.8 Å². The van der Waals surface area contributed by atoms with Crippen molar-refractivity contribution in [1.82, 2.24) is 10.2 Å². The molecule has 0 aliphatic heterocycles.